The summed E-state index contributed by atoms with van der Waals surface area (Å²) in [5.74, 6) is -0.391. The van der Waals surface area contributed by atoms with E-state index in [9.17, 15) is 19.3 Å². The van der Waals surface area contributed by atoms with Crippen LogP contribution in [-0.4, -0.2) is 22.9 Å². The molecule has 0 saturated heterocycles. The molecule has 0 fully saturated rings. The van der Waals surface area contributed by atoms with E-state index in [-0.39, 0.29) is 12.2 Å². The zero-order valence-electron chi connectivity index (χ0n) is 11.8. The molecule has 1 N–H and O–H groups in total. The van der Waals surface area contributed by atoms with Gasteiger partial charge in [-0.3, -0.25) is 10.1 Å². The molecule has 114 valence electrons. The Morgan fingerprint density at radius 1 is 1.27 bits per heavy atom. The summed E-state index contributed by atoms with van der Waals surface area (Å²) in [5.41, 5.74) is 0.577. The Hall–Kier alpha value is -2.96. The number of anilines is 1. The van der Waals surface area contributed by atoms with Crippen LogP contribution in [0.4, 0.5) is 20.6 Å². The molecule has 2 amide bonds. The van der Waals surface area contributed by atoms with Gasteiger partial charge in [0.25, 0.3) is 5.69 Å². The molecule has 0 radical (unpaired) electrons. The third-order valence-corrected chi connectivity index (χ3v) is 3.02. The van der Waals surface area contributed by atoms with Gasteiger partial charge in [0.1, 0.15) is 5.82 Å². The first kappa shape index (κ1) is 15.4. The number of nitrogens with zero attached hydrogens (tertiary/aromatic N) is 2. The number of nitrogens with one attached hydrogen (secondary N) is 1. The minimum atomic E-state index is -0.543. The first-order valence-electron chi connectivity index (χ1n) is 6.47. The number of hydrogen-bond donors (Lipinski definition) is 1. The summed E-state index contributed by atoms with van der Waals surface area (Å²) < 4.78 is 13.5. The number of nitro groups is 1. The third-order valence-electron chi connectivity index (χ3n) is 3.02. The second-order valence-electron chi connectivity index (χ2n) is 4.69. The van der Waals surface area contributed by atoms with Crippen molar-refractivity contribution in [1.29, 1.82) is 0 Å². The van der Waals surface area contributed by atoms with E-state index in [1.54, 1.807) is 24.3 Å². The second kappa shape index (κ2) is 6.66. The lowest BCUT2D eigenvalue weighted by Gasteiger charge is -2.18. The molecule has 2 rings (SSSR count). The summed E-state index contributed by atoms with van der Waals surface area (Å²) >= 11 is 0. The molecule has 0 unspecified atom stereocenters. The van der Waals surface area contributed by atoms with Gasteiger partial charge in [-0.2, -0.15) is 0 Å². The van der Waals surface area contributed by atoms with Gasteiger partial charge >= 0.3 is 6.03 Å². The number of hydrogen-bond acceptors (Lipinski definition) is 3. The molecule has 0 aliphatic heterocycles. The van der Waals surface area contributed by atoms with Crippen molar-refractivity contribution in [3.05, 3.63) is 70.0 Å². The first-order chi connectivity index (χ1) is 10.5. The summed E-state index contributed by atoms with van der Waals surface area (Å²) in [6, 6.07) is 11.3. The van der Waals surface area contributed by atoms with E-state index in [1.165, 1.54) is 36.2 Å². The highest BCUT2D eigenvalue weighted by atomic mass is 19.1. The smallest absolute Gasteiger partial charge is 0.321 e. The van der Waals surface area contributed by atoms with E-state index in [0.717, 1.165) is 0 Å². The zero-order chi connectivity index (χ0) is 16.1. The number of rotatable bonds is 4. The highest BCUT2D eigenvalue weighted by Gasteiger charge is 2.13. The monoisotopic (exact) mass is 303 g/mol. The Kier molecular flexibility index (Phi) is 4.67. The van der Waals surface area contributed by atoms with Crippen LogP contribution in [0.15, 0.2) is 48.5 Å². The number of non-ortho nitro benzene ring substituents is 1. The van der Waals surface area contributed by atoms with Crippen LogP contribution in [-0.2, 0) is 6.54 Å². The second-order valence-corrected chi connectivity index (χ2v) is 4.69. The van der Waals surface area contributed by atoms with Crippen LogP contribution in [0, 0.1) is 15.9 Å². The van der Waals surface area contributed by atoms with Crippen molar-refractivity contribution in [1.82, 2.24) is 4.90 Å². The number of benzene rings is 2. The van der Waals surface area contributed by atoms with Gasteiger partial charge in [-0.05, 0) is 12.1 Å². The third kappa shape index (κ3) is 3.78. The fourth-order valence-electron chi connectivity index (χ4n) is 1.87. The molecule has 0 heterocycles. The van der Waals surface area contributed by atoms with Gasteiger partial charge in [0.15, 0.2) is 0 Å². The standard InChI is InChI=1S/C15H14FN3O3/c1-18(10-11-5-2-3-8-14(11)16)15(20)17-12-6-4-7-13(9-12)19(21)22/h2-9H,10H2,1H3,(H,17,20). The predicted octanol–water partition coefficient (Wildman–Crippen LogP) is 3.40. The Labute approximate surface area is 126 Å². The molecule has 0 atom stereocenters. The lowest BCUT2D eigenvalue weighted by Crippen LogP contribution is -2.31. The minimum absolute atomic E-state index is 0.0907. The molecular formula is C15H14FN3O3. The molecule has 0 bridgehead atoms. The predicted molar refractivity (Wildman–Crippen MR) is 80.0 cm³/mol. The molecule has 0 aliphatic rings. The van der Waals surface area contributed by atoms with E-state index in [1.807, 2.05) is 0 Å². The topological polar surface area (TPSA) is 75.5 Å². The number of carbonyl (C=O) groups excluding carboxylic acids is 1. The van der Waals surface area contributed by atoms with Gasteiger partial charge in [0, 0.05) is 37.0 Å². The summed E-state index contributed by atoms with van der Waals surface area (Å²) in [4.78, 5) is 23.5. The van der Waals surface area contributed by atoms with Gasteiger partial charge in [-0.15, -0.1) is 0 Å². The first-order valence-corrected chi connectivity index (χ1v) is 6.47. The molecule has 0 spiro atoms. The number of halogens is 1. The van der Waals surface area contributed by atoms with Crippen molar-refractivity contribution in [3.63, 3.8) is 0 Å². The summed E-state index contributed by atoms with van der Waals surface area (Å²) in [7, 11) is 1.51. The number of urea groups is 1. The van der Waals surface area contributed by atoms with Crippen LogP contribution in [0.3, 0.4) is 0 Å². The lowest BCUT2D eigenvalue weighted by atomic mass is 10.2. The van der Waals surface area contributed by atoms with Crippen molar-refractivity contribution >= 4 is 17.4 Å². The van der Waals surface area contributed by atoms with E-state index in [0.29, 0.717) is 11.3 Å². The van der Waals surface area contributed by atoms with E-state index in [2.05, 4.69) is 5.32 Å². The highest BCUT2D eigenvalue weighted by molar-refractivity contribution is 5.89. The molecule has 22 heavy (non-hydrogen) atoms. The van der Waals surface area contributed by atoms with E-state index in [4.69, 9.17) is 0 Å². The Morgan fingerprint density at radius 3 is 2.68 bits per heavy atom. The average molecular weight is 303 g/mol. The van der Waals surface area contributed by atoms with Gasteiger partial charge in [-0.1, -0.05) is 24.3 Å². The van der Waals surface area contributed by atoms with Crippen molar-refractivity contribution in [2.75, 3.05) is 12.4 Å². The van der Waals surface area contributed by atoms with Crippen molar-refractivity contribution in [3.8, 4) is 0 Å². The molecule has 0 aliphatic carbocycles. The van der Waals surface area contributed by atoms with Gasteiger partial charge in [0.05, 0.1) is 4.92 Å². The summed E-state index contributed by atoms with van der Waals surface area (Å²) in [6.07, 6.45) is 0. The lowest BCUT2D eigenvalue weighted by molar-refractivity contribution is -0.384. The molecule has 2 aromatic rings. The maximum atomic E-state index is 13.5. The molecule has 2 aromatic carbocycles. The summed E-state index contributed by atoms with van der Waals surface area (Å²) in [6.45, 7) is 0.0907. The minimum Gasteiger partial charge on any atom is -0.323 e. The molecule has 7 heteroatoms. The Balaban J connectivity index is 2.04. The summed E-state index contributed by atoms with van der Waals surface area (Å²) in [5, 5.41) is 13.2. The quantitative estimate of drug-likeness (QED) is 0.694. The number of nitro benzene ring substituents is 1. The fourth-order valence-corrected chi connectivity index (χ4v) is 1.87. The fraction of sp³-hybridized carbons (Fsp3) is 0.133. The van der Waals surface area contributed by atoms with Gasteiger partial charge in [0.2, 0.25) is 0 Å². The van der Waals surface area contributed by atoms with E-state index < -0.39 is 16.8 Å². The normalized spacial score (nSPS) is 10.1. The van der Waals surface area contributed by atoms with Crippen LogP contribution in [0.1, 0.15) is 5.56 Å². The molecular weight excluding hydrogens is 289 g/mol. The Morgan fingerprint density at radius 2 is 2.00 bits per heavy atom. The van der Waals surface area contributed by atoms with Crippen molar-refractivity contribution < 1.29 is 14.1 Å². The van der Waals surface area contributed by atoms with E-state index >= 15 is 0 Å². The number of amides is 2. The zero-order valence-corrected chi connectivity index (χ0v) is 11.8. The number of carbonyl (C=O) groups is 1. The van der Waals surface area contributed by atoms with Crippen LogP contribution in [0.2, 0.25) is 0 Å². The van der Waals surface area contributed by atoms with Crippen LogP contribution in [0.5, 0.6) is 0 Å². The maximum Gasteiger partial charge on any atom is 0.321 e. The van der Waals surface area contributed by atoms with Crippen molar-refractivity contribution in [2.24, 2.45) is 0 Å². The molecule has 0 aromatic heterocycles. The van der Waals surface area contributed by atoms with Crippen LogP contribution in [0.25, 0.3) is 0 Å². The average Bonchev–Trinajstić information content (AvgIpc) is 2.49. The Bertz CT molecular complexity index is 706. The van der Waals surface area contributed by atoms with Gasteiger partial charge < -0.3 is 10.2 Å². The SMILES string of the molecule is CN(Cc1ccccc1F)C(=O)Nc1cccc([N+](=O)[O-])c1. The maximum absolute atomic E-state index is 13.5. The van der Waals surface area contributed by atoms with Crippen LogP contribution >= 0.6 is 0 Å². The largest absolute Gasteiger partial charge is 0.323 e. The van der Waals surface area contributed by atoms with Gasteiger partial charge in [-0.25, -0.2) is 9.18 Å². The molecule has 0 saturated carbocycles. The molecule has 6 nitrogen and oxygen atoms in total. The highest BCUT2D eigenvalue weighted by Crippen LogP contribution is 2.17. The van der Waals surface area contributed by atoms with Crippen molar-refractivity contribution in [2.45, 2.75) is 6.54 Å². The van der Waals surface area contributed by atoms with Crippen LogP contribution < -0.4 is 5.32 Å².